The number of allylic oxidation sites excluding steroid dienone is 4. The first-order valence-corrected chi connectivity index (χ1v) is 28.6. The van der Waals surface area contributed by atoms with Gasteiger partial charge in [-0.15, -0.1) is 0 Å². The zero-order valence-electron chi connectivity index (χ0n) is 43.0. The number of hydrogen-bond acceptors (Lipinski definition) is 5. The lowest BCUT2D eigenvalue weighted by atomic mass is 10.0. The Morgan fingerprint density at radius 3 is 1.20 bits per heavy atom. The molecule has 0 aliphatic carbocycles. The van der Waals surface area contributed by atoms with Gasteiger partial charge in [0.1, 0.15) is 0 Å². The average Bonchev–Trinajstić information content (AvgIpc) is 3.29. The van der Waals surface area contributed by atoms with Crippen molar-refractivity contribution < 1.29 is 24.5 Å². The molecule has 0 aromatic heterocycles. The van der Waals surface area contributed by atoms with E-state index in [0.717, 1.165) is 51.4 Å². The Kier molecular flexibility index (Phi) is 52.6. The van der Waals surface area contributed by atoms with Crippen LogP contribution in [0.15, 0.2) is 24.3 Å². The summed E-state index contributed by atoms with van der Waals surface area (Å²) in [6, 6.07) is -0.545. The molecule has 0 saturated heterocycles. The smallest absolute Gasteiger partial charge is 0.305 e. The van der Waals surface area contributed by atoms with Gasteiger partial charge in [0.15, 0.2) is 0 Å². The SMILES string of the molecule is CCCCCC/C=C\C/C=C\CCCCCCCC(=O)OCCCCCCCCCCCCCCCCCCCC(=O)NC(CO)C(O)CCCCCCCCCCCCCCCC. The molecule has 0 saturated carbocycles. The molecule has 0 aromatic carbocycles. The molecule has 2 unspecified atom stereocenters. The molecule has 0 spiro atoms. The summed E-state index contributed by atoms with van der Waals surface area (Å²) in [6.45, 7) is 4.93. The van der Waals surface area contributed by atoms with Gasteiger partial charge >= 0.3 is 5.97 Å². The number of nitrogens with one attached hydrogen (secondary N) is 1. The van der Waals surface area contributed by atoms with Gasteiger partial charge in [-0.3, -0.25) is 9.59 Å². The molecule has 64 heavy (non-hydrogen) atoms. The van der Waals surface area contributed by atoms with E-state index in [9.17, 15) is 19.8 Å². The molecule has 0 bridgehead atoms. The van der Waals surface area contributed by atoms with Gasteiger partial charge in [-0.2, -0.15) is 0 Å². The Morgan fingerprint density at radius 2 is 0.781 bits per heavy atom. The van der Waals surface area contributed by atoms with Crippen LogP contribution in [0, 0.1) is 0 Å². The first-order valence-electron chi connectivity index (χ1n) is 28.6. The Morgan fingerprint density at radius 1 is 0.438 bits per heavy atom. The normalized spacial score (nSPS) is 12.8. The third-order valence-corrected chi connectivity index (χ3v) is 13.3. The van der Waals surface area contributed by atoms with E-state index in [1.807, 2.05) is 0 Å². The van der Waals surface area contributed by atoms with Crippen molar-refractivity contribution in [2.24, 2.45) is 0 Å². The van der Waals surface area contributed by atoms with Crippen molar-refractivity contribution in [3.63, 3.8) is 0 Å². The van der Waals surface area contributed by atoms with Gasteiger partial charge in [0.25, 0.3) is 0 Å². The Hall–Kier alpha value is -1.66. The maximum Gasteiger partial charge on any atom is 0.305 e. The van der Waals surface area contributed by atoms with Crippen LogP contribution in [0.1, 0.15) is 309 Å². The minimum atomic E-state index is -0.667. The number of amides is 1. The van der Waals surface area contributed by atoms with Crippen LogP contribution in [-0.2, 0) is 14.3 Å². The Labute approximate surface area is 399 Å². The van der Waals surface area contributed by atoms with Gasteiger partial charge in [0, 0.05) is 12.8 Å². The molecule has 1 amide bonds. The molecule has 0 aliphatic rings. The van der Waals surface area contributed by atoms with Gasteiger partial charge < -0.3 is 20.3 Å². The van der Waals surface area contributed by atoms with Crippen LogP contribution in [0.2, 0.25) is 0 Å². The van der Waals surface area contributed by atoms with E-state index in [1.54, 1.807) is 0 Å². The fraction of sp³-hybridized carbons (Fsp3) is 0.897. The van der Waals surface area contributed by atoms with Crippen LogP contribution in [0.4, 0.5) is 0 Å². The monoisotopic (exact) mass is 902 g/mol. The third-order valence-electron chi connectivity index (χ3n) is 13.3. The van der Waals surface area contributed by atoms with Crippen molar-refractivity contribution in [1.82, 2.24) is 5.32 Å². The molecule has 0 heterocycles. The number of aliphatic hydroxyl groups is 2. The second kappa shape index (κ2) is 54.0. The van der Waals surface area contributed by atoms with Crippen LogP contribution < -0.4 is 5.32 Å². The molecule has 0 fully saturated rings. The number of hydrogen-bond donors (Lipinski definition) is 3. The van der Waals surface area contributed by atoms with Gasteiger partial charge in [-0.1, -0.05) is 263 Å². The van der Waals surface area contributed by atoms with Crippen molar-refractivity contribution in [2.75, 3.05) is 13.2 Å². The highest BCUT2D eigenvalue weighted by Gasteiger charge is 2.20. The van der Waals surface area contributed by atoms with Crippen LogP contribution >= 0.6 is 0 Å². The van der Waals surface area contributed by atoms with E-state index in [2.05, 4.69) is 43.5 Å². The minimum absolute atomic E-state index is 0.00785. The van der Waals surface area contributed by atoms with E-state index < -0.39 is 12.1 Å². The predicted molar refractivity (Wildman–Crippen MR) is 278 cm³/mol. The largest absolute Gasteiger partial charge is 0.466 e. The summed E-state index contributed by atoms with van der Waals surface area (Å²) in [5, 5.41) is 23.2. The highest BCUT2D eigenvalue weighted by Crippen LogP contribution is 2.17. The fourth-order valence-corrected chi connectivity index (χ4v) is 8.85. The summed E-state index contributed by atoms with van der Waals surface area (Å²) in [5.41, 5.74) is 0. The topological polar surface area (TPSA) is 95.9 Å². The fourth-order valence-electron chi connectivity index (χ4n) is 8.85. The number of ether oxygens (including phenoxy) is 1. The van der Waals surface area contributed by atoms with Crippen molar-refractivity contribution in [1.29, 1.82) is 0 Å². The Bertz CT molecular complexity index is 997. The van der Waals surface area contributed by atoms with Crippen molar-refractivity contribution in [2.45, 2.75) is 321 Å². The second-order valence-corrected chi connectivity index (χ2v) is 19.6. The van der Waals surface area contributed by atoms with Gasteiger partial charge in [0.2, 0.25) is 5.91 Å². The summed E-state index contributed by atoms with van der Waals surface area (Å²) >= 11 is 0. The lowest BCUT2D eigenvalue weighted by Crippen LogP contribution is -2.45. The van der Waals surface area contributed by atoms with Crippen molar-refractivity contribution >= 4 is 11.9 Å². The lowest BCUT2D eigenvalue weighted by Gasteiger charge is -2.22. The average molecular weight is 903 g/mol. The van der Waals surface area contributed by atoms with E-state index in [1.165, 1.54) is 225 Å². The molecular formula is C58H111NO5. The molecule has 378 valence electrons. The third kappa shape index (κ3) is 49.8. The molecule has 6 heteroatoms. The van der Waals surface area contributed by atoms with E-state index in [4.69, 9.17) is 4.74 Å². The molecule has 2 atom stereocenters. The molecule has 6 nitrogen and oxygen atoms in total. The van der Waals surface area contributed by atoms with E-state index >= 15 is 0 Å². The number of rotatable bonds is 53. The summed E-state index contributed by atoms with van der Waals surface area (Å²) < 4.78 is 5.47. The van der Waals surface area contributed by atoms with Crippen LogP contribution in [-0.4, -0.2) is 47.4 Å². The molecule has 0 aromatic rings. The first-order chi connectivity index (χ1) is 31.5. The summed E-state index contributed by atoms with van der Waals surface area (Å²) in [6.07, 6.45) is 64.4. The van der Waals surface area contributed by atoms with Crippen molar-refractivity contribution in [3.8, 4) is 0 Å². The summed E-state index contributed by atoms with van der Waals surface area (Å²) in [5.74, 6) is -0.0476. The standard InChI is InChI=1S/C58H111NO5/c1-3-5-7-9-11-13-15-17-19-24-28-32-36-40-44-48-52-58(63)64-53-49-45-41-37-33-29-25-22-20-21-23-27-31-35-39-43-47-51-57(62)59-55(54-60)56(61)50-46-42-38-34-30-26-18-16-14-12-10-8-6-4-2/h13,15,19,24,55-56,60-61H,3-12,14,16-18,20-23,25-54H2,1-2H3,(H,59,62)/b15-13-,24-19-. The summed E-state index contributed by atoms with van der Waals surface area (Å²) in [7, 11) is 0. The number of carbonyl (C=O) groups is 2. The number of carbonyl (C=O) groups excluding carboxylic acids is 2. The van der Waals surface area contributed by atoms with E-state index in [0.29, 0.717) is 25.9 Å². The second-order valence-electron chi connectivity index (χ2n) is 19.6. The number of aliphatic hydroxyl groups excluding tert-OH is 2. The molecule has 0 radical (unpaired) electrons. The summed E-state index contributed by atoms with van der Waals surface area (Å²) in [4.78, 5) is 24.5. The van der Waals surface area contributed by atoms with Crippen LogP contribution in [0.3, 0.4) is 0 Å². The van der Waals surface area contributed by atoms with Crippen molar-refractivity contribution in [3.05, 3.63) is 24.3 Å². The highest BCUT2D eigenvalue weighted by atomic mass is 16.5. The Balaban J connectivity index is 3.42. The quantitative estimate of drug-likeness (QED) is 0.0321. The molecular weight excluding hydrogens is 791 g/mol. The van der Waals surface area contributed by atoms with Gasteiger partial charge in [0.05, 0.1) is 25.4 Å². The zero-order chi connectivity index (χ0) is 46.5. The van der Waals surface area contributed by atoms with Crippen LogP contribution in [0.25, 0.3) is 0 Å². The first kappa shape index (κ1) is 62.3. The number of esters is 1. The highest BCUT2D eigenvalue weighted by molar-refractivity contribution is 5.76. The molecule has 0 aliphatic heterocycles. The number of unbranched alkanes of at least 4 members (excludes halogenated alkanes) is 38. The maximum absolute atomic E-state index is 12.5. The van der Waals surface area contributed by atoms with E-state index in [-0.39, 0.29) is 18.5 Å². The van der Waals surface area contributed by atoms with Crippen LogP contribution in [0.5, 0.6) is 0 Å². The molecule has 3 N–H and O–H groups in total. The van der Waals surface area contributed by atoms with Gasteiger partial charge in [-0.25, -0.2) is 0 Å². The molecule has 0 rings (SSSR count). The van der Waals surface area contributed by atoms with Gasteiger partial charge in [-0.05, 0) is 57.8 Å². The lowest BCUT2D eigenvalue weighted by molar-refractivity contribution is -0.143. The predicted octanol–water partition coefficient (Wildman–Crippen LogP) is 17.5. The zero-order valence-corrected chi connectivity index (χ0v) is 43.0. The maximum atomic E-state index is 12.5. The minimum Gasteiger partial charge on any atom is -0.466 e.